The van der Waals surface area contributed by atoms with Gasteiger partial charge >= 0.3 is 0 Å². The number of carbonyl (C=O) groups excluding carboxylic acids is 2. The van der Waals surface area contributed by atoms with E-state index >= 15 is 0 Å². The molecule has 0 spiro atoms. The van der Waals surface area contributed by atoms with E-state index in [0.29, 0.717) is 35.5 Å². The van der Waals surface area contributed by atoms with Crippen LogP contribution in [0.4, 0.5) is 4.39 Å². The second kappa shape index (κ2) is 7.99. The lowest BCUT2D eigenvalue weighted by Gasteiger charge is -2.11. The Kier molecular flexibility index (Phi) is 5.51. The third-order valence-corrected chi connectivity index (χ3v) is 4.26. The van der Waals surface area contributed by atoms with Crippen molar-refractivity contribution in [2.75, 3.05) is 20.2 Å². The predicted molar refractivity (Wildman–Crippen MR) is 96.5 cm³/mol. The molecule has 0 saturated heterocycles. The fourth-order valence-electron chi connectivity index (χ4n) is 2.69. The fraction of sp³-hybridized carbons (Fsp3) is 0.300. The van der Waals surface area contributed by atoms with Gasteiger partial charge in [0, 0.05) is 30.1 Å². The molecule has 1 aliphatic carbocycles. The van der Waals surface area contributed by atoms with Gasteiger partial charge in [0.15, 0.2) is 0 Å². The van der Waals surface area contributed by atoms with E-state index in [0.717, 1.165) is 12.8 Å². The highest BCUT2D eigenvalue weighted by atomic mass is 19.1. The van der Waals surface area contributed by atoms with Gasteiger partial charge in [0.1, 0.15) is 11.6 Å². The lowest BCUT2D eigenvalue weighted by Crippen LogP contribution is -2.35. The van der Waals surface area contributed by atoms with E-state index in [4.69, 9.17) is 4.74 Å². The van der Waals surface area contributed by atoms with Gasteiger partial charge in [-0.3, -0.25) is 9.59 Å². The van der Waals surface area contributed by atoms with Gasteiger partial charge in [-0.05, 0) is 48.7 Å². The number of amides is 2. The van der Waals surface area contributed by atoms with Gasteiger partial charge in [-0.2, -0.15) is 0 Å². The normalized spacial score (nSPS) is 13.2. The summed E-state index contributed by atoms with van der Waals surface area (Å²) < 4.78 is 18.9. The Hall–Kier alpha value is -2.89. The van der Waals surface area contributed by atoms with Crippen LogP contribution in [0, 0.1) is 11.7 Å². The molecule has 2 aromatic carbocycles. The Morgan fingerprint density at radius 3 is 2.62 bits per heavy atom. The Bertz CT molecular complexity index is 818. The maximum absolute atomic E-state index is 13.6. The molecular formula is C20H21FN2O3. The van der Waals surface area contributed by atoms with Crippen LogP contribution in [0.5, 0.6) is 5.75 Å². The second-order valence-electron chi connectivity index (χ2n) is 6.25. The van der Waals surface area contributed by atoms with Crippen LogP contribution < -0.4 is 15.4 Å². The van der Waals surface area contributed by atoms with Gasteiger partial charge in [0.05, 0.1) is 7.11 Å². The van der Waals surface area contributed by atoms with Crippen molar-refractivity contribution in [1.29, 1.82) is 0 Å². The van der Waals surface area contributed by atoms with Gasteiger partial charge < -0.3 is 15.4 Å². The molecule has 0 heterocycles. The van der Waals surface area contributed by atoms with E-state index in [1.165, 1.54) is 19.2 Å². The summed E-state index contributed by atoms with van der Waals surface area (Å²) in [5.74, 6) is 0.125. The average molecular weight is 356 g/mol. The number of nitrogens with one attached hydrogen (secondary N) is 2. The molecule has 0 radical (unpaired) electrons. The van der Waals surface area contributed by atoms with Gasteiger partial charge in [-0.1, -0.05) is 12.1 Å². The molecule has 136 valence electrons. The van der Waals surface area contributed by atoms with E-state index < -0.39 is 0 Å². The van der Waals surface area contributed by atoms with Crippen molar-refractivity contribution in [3.63, 3.8) is 0 Å². The molecule has 2 aromatic rings. The monoisotopic (exact) mass is 356 g/mol. The molecule has 1 aliphatic rings. The van der Waals surface area contributed by atoms with Crippen LogP contribution in [0.3, 0.4) is 0 Å². The number of halogens is 1. The molecule has 6 heteroatoms. The second-order valence-corrected chi connectivity index (χ2v) is 6.25. The zero-order valence-electron chi connectivity index (χ0n) is 14.5. The number of hydrogen-bond donors (Lipinski definition) is 2. The van der Waals surface area contributed by atoms with Crippen molar-refractivity contribution in [2.24, 2.45) is 5.92 Å². The Morgan fingerprint density at radius 1 is 1.12 bits per heavy atom. The number of carbonyl (C=O) groups is 2. The van der Waals surface area contributed by atoms with Crippen LogP contribution in [0.2, 0.25) is 0 Å². The number of benzene rings is 2. The maximum Gasteiger partial charge on any atom is 0.251 e. The van der Waals surface area contributed by atoms with E-state index in [1.807, 2.05) is 0 Å². The van der Waals surface area contributed by atoms with Crippen molar-refractivity contribution in [3.05, 3.63) is 53.8 Å². The van der Waals surface area contributed by atoms with E-state index in [-0.39, 0.29) is 23.5 Å². The lowest BCUT2D eigenvalue weighted by atomic mass is 10.0. The average Bonchev–Trinajstić information content (AvgIpc) is 3.50. The summed E-state index contributed by atoms with van der Waals surface area (Å²) in [5, 5.41) is 5.57. The Balaban J connectivity index is 1.64. The molecule has 2 N–H and O–H groups in total. The largest absolute Gasteiger partial charge is 0.496 e. The third-order valence-electron chi connectivity index (χ3n) is 4.26. The summed E-state index contributed by atoms with van der Waals surface area (Å²) in [4.78, 5) is 23.9. The molecule has 3 rings (SSSR count). The highest BCUT2D eigenvalue weighted by Crippen LogP contribution is 2.31. The van der Waals surface area contributed by atoms with Crippen LogP contribution in [0.15, 0.2) is 42.5 Å². The first kappa shape index (κ1) is 17.9. The molecule has 0 aliphatic heterocycles. The summed E-state index contributed by atoms with van der Waals surface area (Å²) >= 11 is 0. The summed E-state index contributed by atoms with van der Waals surface area (Å²) in [5.41, 5.74) is 1.73. The standard InChI is InChI=1S/C20H21FN2O3/c1-26-18-8-7-16(21)12-17(18)14-3-2-4-15(11-14)20(25)23-10-9-22-19(24)13-5-6-13/h2-4,7-8,11-13H,5-6,9-10H2,1H3,(H,22,24)(H,23,25). The highest BCUT2D eigenvalue weighted by molar-refractivity contribution is 5.95. The van der Waals surface area contributed by atoms with Gasteiger partial charge in [-0.25, -0.2) is 4.39 Å². The predicted octanol–water partition coefficient (Wildman–Crippen LogP) is 2.76. The molecule has 1 fully saturated rings. The van der Waals surface area contributed by atoms with Crippen molar-refractivity contribution in [1.82, 2.24) is 10.6 Å². The van der Waals surface area contributed by atoms with Crippen molar-refractivity contribution < 1.29 is 18.7 Å². The van der Waals surface area contributed by atoms with Crippen LogP contribution in [0.1, 0.15) is 23.2 Å². The summed E-state index contributed by atoms with van der Waals surface area (Å²) in [6.07, 6.45) is 1.91. The SMILES string of the molecule is COc1ccc(F)cc1-c1cccc(C(=O)NCCNC(=O)C2CC2)c1. The lowest BCUT2D eigenvalue weighted by molar-refractivity contribution is -0.122. The molecule has 0 bridgehead atoms. The van der Waals surface area contributed by atoms with Gasteiger partial charge in [0.2, 0.25) is 5.91 Å². The molecule has 26 heavy (non-hydrogen) atoms. The van der Waals surface area contributed by atoms with Crippen molar-refractivity contribution in [2.45, 2.75) is 12.8 Å². The zero-order chi connectivity index (χ0) is 18.5. The van der Waals surface area contributed by atoms with Gasteiger partial charge in [0.25, 0.3) is 5.91 Å². The Labute approximate surface area is 151 Å². The number of rotatable bonds is 7. The summed E-state index contributed by atoms with van der Waals surface area (Å²) in [7, 11) is 1.52. The fourth-order valence-corrected chi connectivity index (χ4v) is 2.69. The maximum atomic E-state index is 13.6. The molecule has 0 atom stereocenters. The van der Waals surface area contributed by atoms with Crippen LogP contribution >= 0.6 is 0 Å². The first-order valence-electron chi connectivity index (χ1n) is 8.58. The molecule has 5 nitrogen and oxygen atoms in total. The Morgan fingerprint density at radius 2 is 1.88 bits per heavy atom. The third kappa shape index (κ3) is 4.39. The van der Waals surface area contributed by atoms with Crippen LogP contribution in [-0.2, 0) is 4.79 Å². The zero-order valence-corrected chi connectivity index (χ0v) is 14.5. The summed E-state index contributed by atoms with van der Waals surface area (Å²) in [6, 6.07) is 11.2. The number of hydrogen-bond acceptors (Lipinski definition) is 3. The van der Waals surface area contributed by atoms with E-state index in [2.05, 4.69) is 10.6 Å². The minimum absolute atomic E-state index is 0.0550. The topological polar surface area (TPSA) is 67.4 Å². The summed E-state index contributed by atoms with van der Waals surface area (Å²) in [6.45, 7) is 0.753. The van der Waals surface area contributed by atoms with Crippen molar-refractivity contribution >= 4 is 11.8 Å². The van der Waals surface area contributed by atoms with Gasteiger partial charge in [-0.15, -0.1) is 0 Å². The molecule has 0 unspecified atom stereocenters. The van der Waals surface area contributed by atoms with E-state index in [1.54, 1.807) is 30.3 Å². The number of ether oxygens (including phenoxy) is 1. The quantitative estimate of drug-likeness (QED) is 0.750. The number of methoxy groups -OCH3 is 1. The molecule has 0 aromatic heterocycles. The van der Waals surface area contributed by atoms with Crippen molar-refractivity contribution in [3.8, 4) is 16.9 Å². The van der Waals surface area contributed by atoms with E-state index in [9.17, 15) is 14.0 Å². The molecule has 1 saturated carbocycles. The van der Waals surface area contributed by atoms with Crippen LogP contribution in [0.25, 0.3) is 11.1 Å². The molecular weight excluding hydrogens is 335 g/mol. The highest BCUT2D eigenvalue weighted by Gasteiger charge is 2.29. The first-order valence-corrected chi connectivity index (χ1v) is 8.58. The van der Waals surface area contributed by atoms with Crippen LogP contribution in [-0.4, -0.2) is 32.0 Å². The smallest absolute Gasteiger partial charge is 0.251 e. The first-order chi connectivity index (χ1) is 12.6. The minimum atomic E-state index is -0.373. The minimum Gasteiger partial charge on any atom is -0.496 e. The molecule has 2 amide bonds.